The van der Waals surface area contributed by atoms with Crippen LogP contribution in [0.2, 0.25) is 5.02 Å². The van der Waals surface area contributed by atoms with Crippen LogP contribution >= 0.6 is 23.4 Å². The Hall–Kier alpha value is -2.28. The van der Waals surface area contributed by atoms with Crippen molar-refractivity contribution in [3.8, 4) is 0 Å². The number of hydrogen-bond acceptors (Lipinski definition) is 4. The van der Waals surface area contributed by atoms with Crippen molar-refractivity contribution < 1.29 is 9.90 Å². The molecule has 27 heavy (non-hydrogen) atoms. The molecule has 1 amide bonds. The predicted octanol–water partition coefficient (Wildman–Crippen LogP) is 4.12. The molecule has 3 aromatic rings. The summed E-state index contributed by atoms with van der Waals surface area (Å²) < 4.78 is 1.93. The zero-order valence-corrected chi connectivity index (χ0v) is 16.4. The van der Waals surface area contributed by atoms with Crippen LogP contribution in [-0.4, -0.2) is 26.3 Å². The smallest absolute Gasteiger partial charge is 0.234 e. The Labute approximate surface area is 167 Å². The standard InChI is InChI=1S/C20H20ClN3O2S/c1-14-2-8-17(9-3-14)22-19(26)13-27-20-23-18(12-25)11-24(20)10-15-4-6-16(21)7-5-15/h2-9,11,25H,10,12-13H2,1H3,(H,22,26). The van der Waals surface area contributed by atoms with Crippen LogP contribution in [0.3, 0.4) is 0 Å². The lowest BCUT2D eigenvalue weighted by Gasteiger charge is -2.08. The number of benzene rings is 2. The number of imidazole rings is 1. The summed E-state index contributed by atoms with van der Waals surface area (Å²) in [6.07, 6.45) is 1.80. The van der Waals surface area contributed by atoms with E-state index in [4.69, 9.17) is 11.6 Å². The van der Waals surface area contributed by atoms with Gasteiger partial charge in [0.05, 0.1) is 18.1 Å². The van der Waals surface area contributed by atoms with Crippen LogP contribution in [0, 0.1) is 6.92 Å². The third-order valence-electron chi connectivity index (χ3n) is 3.89. The van der Waals surface area contributed by atoms with E-state index in [1.54, 1.807) is 6.20 Å². The number of nitrogens with one attached hydrogen (secondary N) is 1. The van der Waals surface area contributed by atoms with Crippen LogP contribution in [0.4, 0.5) is 5.69 Å². The molecule has 2 N–H and O–H groups in total. The van der Waals surface area contributed by atoms with Gasteiger partial charge in [-0.15, -0.1) is 0 Å². The van der Waals surface area contributed by atoms with Crippen LogP contribution in [0.5, 0.6) is 0 Å². The van der Waals surface area contributed by atoms with Gasteiger partial charge in [0.25, 0.3) is 0 Å². The van der Waals surface area contributed by atoms with Crippen molar-refractivity contribution in [3.05, 3.63) is 76.6 Å². The number of nitrogens with zero attached hydrogens (tertiary/aromatic N) is 2. The fraction of sp³-hybridized carbons (Fsp3) is 0.200. The number of aliphatic hydroxyl groups excluding tert-OH is 1. The zero-order chi connectivity index (χ0) is 19.2. The molecule has 0 radical (unpaired) electrons. The molecule has 0 unspecified atom stereocenters. The number of carbonyl (C=O) groups excluding carboxylic acids is 1. The summed E-state index contributed by atoms with van der Waals surface area (Å²) in [7, 11) is 0. The number of aromatic nitrogens is 2. The van der Waals surface area contributed by atoms with Gasteiger partial charge in [-0.25, -0.2) is 4.98 Å². The zero-order valence-electron chi connectivity index (χ0n) is 14.9. The van der Waals surface area contributed by atoms with Gasteiger partial charge in [0.1, 0.15) is 0 Å². The van der Waals surface area contributed by atoms with Gasteiger partial charge in [0.2, 0.25) is 5.91 Å². The normalized spacial score (nSPS) is 10.8. The molecule has 0 aliphatic rings. The first kappa shape index (κ1) is 19.5. The van der Waals surface area contributed by atoms with Crippen molar-refractivity contribution >= 4 is 35.0 Å². The third-order valence-corrected chi connectivity index (χ3v) is 5.13. The Kier molecular flexibility index (Phi) is 6.55. The van der Waals surface area contributed by atoms with E-state index in [9.17, 15) is 9.90 Å². The Morgan fingerprint density at radius 2 is 1.89 bits per heavy atom. The lowest BCUT2D eigenvalue weighted by molar-refractivity contribution is -0.113. The van der Waals surface area contributed by atoms with E-state index in [-0.39, 0.29) is 18.3 Å². The van der Waals surface area contributed by atoms with E-state index < -0.39 is 0 Å². The molecule has 0 aliphatic heterocycles. The second-order valence-electron chi connectivity index (χ2n) is 6.13. The highest BCUT2D eigenvalue weighted by Crippen LogP contribution is 2.21. The molecule has 0 aliphatic carbocycles. The van der Waals surface area contributed by atoms with Gasteiger partial charge in [-0.05, 0) is 36.8 Å². The second kappa shape index (κ2) is 9.08. The van der Waals surface area contributed by atoms with E-state index >= 15 is 0 Å². The summed E-state index contributed by atoms with van der Waals surface area (Å²) in [6, 6.07) is 15.2. The van der Waals surface area contributed by atoms with Gasteiger partial charge >= 0.3 is 0 Å². The first-order valence-electron chi connectivity index (χ1n) is 8.44. The molecule has 5 nitrogen and oxygen atoms in total. The Bertz CT molecular complexity index is 908. The van der Waals surface area contributed by atoms with E-state index in [1.807, 2.05) is 60.0 Å². The number of thioether (sulfide) groups is 1. The molecule has 0 saturated carbocycles. The Balaban J connectivity index is 1.64. The number of halogens is 1. The number of aryl methyl sites for hydroxylation is 1. The average molecular weight is 402 g/mol. The third kappa shape index (κ3) is 5.60. The number of rotatable bonds is 7. The number of aliphatic hydroxyl groups is 1. The Morgan fingerprint density at radius 1 is 1.19 bits per heavy atom. The molecule has 0 bridgehead atoms. The molecule has 7 heteroatoms. The highest BCUT2D eigenvalue weighted by Gasteiger charge is 2.12. The lowest BCUT2D eigenvalue weighted by atomic mass is 10.2. The molecule has 3 rings (SSSR count). The molecule has 140 valence electrons. The average Bonchev–Trinajstić information content (AvgIpc) is 3.06. The van der Waals surface area contributed by atoms with Crippen molar-refractivity contribution in [2.45, 2.75) is 25.2 Å². The number of anilines is 1. The first-order valence-corrected chi connectivity index (χ1v) is 9.80. The molecule has 0 spiro atoms. The van der Waals surface area contributed by atoms with E-state index in [1.165, 1.54) is 11.8 Å². The van der Waals surface area contributed by atoms with Crippen LogP contribution in [-0.2, 0) is 17.9 Å². The summed E-state index contributed by atoms with van der Waals surface area (Å²) in [5.74, 6) is 0.131. The molecule has 2 aromatic carbocycles. The number of amides is 1. The van der Waals surface area contributed by atoms with Crippen LogP contribution < -0.4 is 5.32 Å². The van der Waals surface area contributed by atoms with E-state index in [2.05, 4.69) is 10.3 Å². The maximum atomic E-state index is 12.2. The molecule has 1 aromatic heterocycles. The number of hydrogen-bond donors (Lipinski definition) is 2. The minimum Gasteiger partial charge on any atom is -0.390 e. The SMILES string of the molecule is Cc1ccc(NC(=O)CSc2nc(CO)cn2Cc2ccc(Cl)cc2)cc1. The summed E-state index contributed by atoms with van der Waals surface area (Å²) in [5, 5.41) is 13.6. The molecule has 1 heterocycles. The molecular formula is C20H20ClN3O2S. The monoisotopic (exact) mass is 401 g/mol. The molecule has 0 fully saturated rings. The van der Waals surface area contributed by atoms with Crippen molar-refractivity contribution in [3.63, 3.8) is 0 Å². The second-order valence-corrected chi connectivity index (χ2v) is 7.51. The number of carbonyl (C=O) groups is 1. The van der Waals surface area contributed by atoms with Crippen LogP contribution in [0.25, 0.3) is 0 Å². The van der Waals surface area contributed by atoms with Crippen LogP contribution in [0.1, 0.15) is 16.8 Å². The first-order chi connectivity index (χ1) is 13.0. The van der Waals surface area contributed by atoms with E-state index in [0.29, 0.717) is 22.4 Å². The van der Waals surface area contributed by atoms with Crippen molar-refractivity contribution in [1.29, 1.82) is 0 Å². The maximum Gasteiger partial charge on any atom is 0.234 e. The summed E-state index contributed by atoms with van der Waals surface area (Å²) in [4.78, 5) is 16.6. The van der Waals surface area contributed by atoms with Crippen molar-refractivity contribution in [2.24, 2.45) is 0 Å². The summed E-state index contributed by atoms with van der Waals surface area (Å²) in [6.45, 7) is 2.45. The van der Waals surface area contributed by atoms with Gasteiger partial charge < -0.3 is 15.0 Å². The minimum absolute atomic E-state index is 0.101. The molecule has 0 saturated heterocycles. The molecule has 0 atom stereocenters. The Morgan fingerprint density at radius 3 is 2.56 bits per heavy atom. The predicted molar refractivity (Wildman–Crippen MR) is 109 cm³/mol. The largest absolute Gasteiger partial charge is 0.390 e. The van der Waals surface area contributed by atoms with Gasteiger partial charge in [0.15, 0.2) is 5.16 Å². The fourth-order valence-corrected chi connectivity index (χ4v) is 3.43. The quantitative estimate of drug-likeness (QED) is 0.584. The maximum absolute atomic E-state index is 12.2. The van der Waals surface area contributed by atoms with Gasteiger partial charge in [0, 0.05) is 23.5 Å². The van der Waals surface area contributed by atoms with Gasteiger partial charge in [-0.3, -0.25) is 4.79 Å². The topological polar surface area (TPSA) is 67.2 Å². The fourth-order valence-electron chi connectivity index (χ4n) is 2.51. The van der Waals surface area contributed by atoms with Crippen molar-refractivity contribution in [1.82, 2.24) is 9.55 Å². The van der Waals surface area contributed by atoms with E-state index in [0.717, 1.165) is 16.8 Å². The minimum atomic E-state index is -0.142. The summed E-state index contributed by atoms with van der Waals surface area (Å²) in [5.41, 5.74) is 3.55. The van der Waals surface area contributed by atoms with Gasteiger partial charge in [-0.2, -0.15) is 0 Å². The highest BCUT2D eigenvalue weighted by molar-refractivity contribution is 7.99. The highest BCUT2D eigenvalue weighted by atomic mass is 35.5. The molecular weight excluding hydrogens is 382 g/mol. The van der Waals surface area contributed by atoms with Crippen LogP contribution in [0.15, 0.2) is 59.9 Å². The van der Waals surface area contributed by atoms with Gasteiger partial charge in [-0.1, -0.05) is 53.2 Å². The van der Waals surface area contributed by atoms with Crippen molar-refractivity contribution in [2.75, 3.05) is 11.1 Å². The summed E-state index contributed by atoms with van der Waals surface area (Å²) >= 11 is 7.27. The lowest BCUT2D eigenvalue weighted by Crippen LogP contribution is -2.14.